The summed E-state index contributed by atoms with van der Waals surface area (Å²) in [5.41, 5.74) is -0.321. The molecule has 0 bridgehead atoms. The Balaban J connectivity index is 1.60. The predicted molar refractivity (Wildman–Crippen MR) is 160 cm³/mol. The van der Waals surface area contributed by atoms with Crippen LogP contribution in [0.15, 0.2) is 0 Å². The first kappa shape index (κ1) is 32.8. The van der Waals surface area contributed by atoms with Crippen molar-refractivity contribution in [1.29, 1.82) is 0 Å². The summed E-state index contributed by atoms with van der Waals surface area (Å²) in [6.07, 6.45) is 4.39. The van der Waals surface area contributed by atoms with Gasteiger partial charge in [0.05, 0.1) is 18.6 Å². The number of hydrogen-bond donors (Lipinski definition) is 1. The highest BCUT2D eigenvalue weighted by Crippen LogP contribution is 2.66. The molecule has 8 heteroatoms. The molecule has 6 unspecified atom stereocenters. The quantitative estimate of drug-likeness (QED) is 0.188. The van der Waals surface area contributed by atoms with E-state index < -0.39 is 41.6 Å². The van der Waals surface area contributed by atoms with Crippen LogP contribution >= 0.6 is 15.9 Å². The first-order chi connectivity index (χ1) is 19.1. The molecule has 1 saturated heterocycles. The van der Waals surface area contributed by atoms with E-state index in [2.05, 4.69) is 57.5 Å². The highest BCUT2D eigenvalue weighted by molar-refractivity contribution is 9.09. The number of halogens is 1. The zero-order valence-corrected chi connectivity index (χ0v) is 27.9. The lowest BCUT2D eigenvalue weighted by Gasteiger charge is -2.56. The number of carbonyl (C=O) groups is 3. The van der Waals surface area contributed by atoms with Gasteiger partial charge in [-0.2, -0.15) is 0 Å². The van der Waals surface area contributed by atoms with Crippen molar-refractivity contribution in [2.24, 2.45) is 58.2 Å². The number of rotatable bonds is 8. The first-order valence-electron chi connectivity index (χ1n) is 16.0. The third-order valence-electron chi connectivity index (χ3n) is 12.2. The highest BCUT2D eigenvalue weighted by atomic mass is 79.9. The summed E-state index contributed by atoms with van der Waals surface area (Å²) >= 11 is 3.96. The fourth-order valence-electron chi connectivity index (χ4n) is 10.2. The summed E-state index contributed by atoms with van der Waals surface area (Å²) in [5, 5.41) is 11.4. The Kier molecular flexibility index (Phi) is 9.95. The van der Waals surface area contributed by atoms with Crippen molar-refractivity contribution in [3.63, 3.8) is 0 Å². The van der Waals surface area contributed by atoms with E-state index in [-0.39, 0.29) is 34.0 Å². The van der Waals surface area contributed by atoms with E-state index in [9.17, 15) is 19.5 Å². The normalized spacial score (nSPS) is 41.5. The zero-order valence-electron chi connectivity index (χ0n) is 26.4. The minimum Gasteiger partial charge on any atom is -0.465 e. The second kappa shape index (κ2) is 12.5. The van der Waals surface area contributed by atoms with Crippen molar-refractivity contribution in [3.8, 4) is 0 Å². The Hall–Kier alpha value is -1.15. The molecule has 4 rings (SSSR count). The van der Waals surface area contributed by atoms with E-state index in [4.69, 9.17) is 14.2 Å². The Morgan fingerprint density at radius 1 is 1.02 bits per heavy atom. The van der Waals surface area contributed by atoms with E-state index >= 15 is 0 Å². The maximum Gasteiger partial charge on any atom is 0.309 e. The number of carbonyl (C=O) groups excluding carboxylic acids is 3. The number of ether oxygens (including phenoxy) is 3. The molecule has 3 saturated carbocycles. The summed E-state index contributed by atoms with van der Waals surface area (Å²) in [6.45, 7) is 16.6. The number of fused-ring (bicyclic) bond motifs is 5. The molecule has 0 radical (unpaired) electrons. The molecular weight excluding hydrogens is 588 g/mol. The number of cyclic esters (lactones) is 1. The monoisotopic (exact) mass is 640 g/mol. The number of esters is 3. The van der Waals surface area contributed by atoms with Gasteiger partial charge in [0, 0.05) is 25.1 Å². The molecule has 1 heterocycles. The largest absolute Gasteiger partial charge is 0.465 e. The predicted octanol–water partition coefficient (Wildman–Crippen LogP) is 6.32. The lowest BCUT2D eigenvalue weighted by atomic mass is 9.48. The smallest absolute Gasteiger partial charge is 0.309 e. The van der Waals surface area contributed by atoms with E-state index in [0.717, 1.165) is 32.1 Å². The van der Waals surface area contributed by atoms with Gasteiger partial charge in [-0.05, 0) is 84.4 Å². The lowest BCUT2D eigenvalue weighted by molar-refractivity contribution is -0.188. The molecule has 0 aromatic heterocycles. The van der Waals surface area contributed by atoms with Crippen LogP contribution in [0.1, 0.15) is 100 Å². The van der Waals surface area contributed by atoms with Gasteiger partial charge in [0.1, 0.15) is 12.2 Å². The third-order valence-corrected chi connectivity index (χ3v) is 13.6. The van der Waals surface area contributed by atoms with E-state index in [0.29, 0.717) is 43.1 Å². The molecular formula is C33H53BrO7. The summed E-state index contributed by atoms with van der Waals surface area (Å²) < 4.78 is 17.4. The van der Waals surface area contributed by atoms with Crippen LogP contribution in [0.4, 0.5) is 0 Å². The lowest BCUT2D eigenvalue weighted by Crippen LogP contribution is -2.56. The molecule has 0 spiro atoms. The summed E-state index contributed by atoms with van der Waals surface area (Å²) in [7, 11) is 0. The van der Waals surface area contributed by atoms with Gasteiger partial charge in [-0.25, -0.2) is 0 Å². The van der Waals surface area contributed by atoms with E-state index in [1.807, 2.05) is 0 Å². The molecule has 13 atom stereocenters. The van der Waals surface area contributed by atoms with Crippen molar-refractivity contribution < 1.29 is 33.7 Å². The van der Waals surface area contributed by atoms with Gasteiger partial charge in [-0.15, -0.1) is 0 Å². The van der Waals surface area contributed by atoms with Crippen molar-refractivity contribution in [3.05, 3.63) is 0 Å². The molecule has 234 valence electrons. The topological polar surface area (TPSA) is 99.1 Å². The maximum absolute atomic E-state index is 13.5. The Bertz CT molecular complexity index is 985. The maximum atomic E-state index is 13.5. The average Bonchev–Trinajstić information content (AvgIpc) is 3.19. The fraction of sp³-hybridized carbons (Fsp3) is 0.909. The molecule has 1 N–H and O–H groups in total. The van der Waals surface area contributed by atoms with Crippen LogP contribution in [-0.4, -0.2) is 52.8 Å². The molecule has 0 aromatic carbocycles. The van der Waals surface area contributed by atoms with Gasteiger partial charge in [0.2, 0.25) is 0 Å². The summed E-state index contributed by atoms with van der Waals surface area (Å²) in [6, 6.07) is 0. The van der Waals surface area contributed by atoms with Gasteiger partial charge in [-0.3, -0.25) is 14.4 Å². The zero-order chi connectivity index (χ0) is 30.4. The second-order valence-electron chi connectivity index (χ2n) is 14.6. The van der Waals surface area contributed by atoms with Gasteiger partial charge in [-0.1, -0.05) is 63.9 Å². The van der Waals surface area contributed by atoms with Crippen molar-refractivity contribution in [2.75, 3.05) is 6.61 Å². The van der Waals surface area contributed by atoms with Crippen molar-refractivity contribution in [2.45, 2.75) is 123 Å². The van der Waals surface area contributed by atoms with Crippen LogP contribution in [0.25, 0.3) is 0 Å². The number of aliphatic hydroxyl groups is 1. The standard InChI is InChI=1S/C33H53BrO7/c1-9-21(17(2)3)30(37)29(34)18(4)23-10-11-24-22-16-39-31(38)26-14-27(40-19(5)35)28(41-20(6)36)15-33(26,8)25(22)12-13-32(23,24)7/h17-18,21-30,37H,9-16H2,1-8H3/t18-,21-,22?,23+,24?,25?,26?,27-,28+,29?,30?,32+,33+/m0/s1. The molecule has 0 aromatic rings. The van der Waals surface area contributed by atoms with Crippen LogP contribution in [0.3, 0.4) is 0 Å². The van der Waals surface area contributed by atoms with Crippen LogP contribution in [0.5, 0.6) is 0 Å². The summed E-state index contributed by atoms with van der Waals surface area (Å²) in [4.78, 5) is 37.5. The minimum absolute atomic E-state index is 0.0306. The SMILES string of the molecule is CC[C@@H](C(C)C)C(O)C(Br)[C@@H](C)[C@H]1CCC2C3COC(=O)C4C[C@H](OC(C)=O)[C@H](OC(C)=O)C[C@]4(C)C3CC[C@@]21C. The molecule has 4 aliphatic rings. The van der Waals surface area contributed by atoms with Crippen LogP contribution < -0.4 is 0 Å². The molecule has 4 fully saturated rings. The van der Waals surface area contributed by atoms with E-state index in [1.54, 1.807) is 0 Å². The van der Waals surface area contributed by atoms with Crippen LogP contribution in [0.2, 0.25) is 0 Å². The number of alkyl halides is 1. The summed E-state index contributed by atoms with van der Waals surface area (Å²) in [5.74, 6) is 0.888. The van der Waals surface area contributed by atoms with Crippen LogP contribution in [-0.2, 0) is 28.6 Å². The first-order valence-corrected chi connectivity index (χ1v) is 16.9. The van der Waals surface area contributed by atoms with Crippen molar-refractivity contribution in [1.82, 2.24) is 0 Å². The third kappa shape index (κ3) is 5.99. The average molecular weight is 642 g/mol. The van der Waals surface area contributed by atoms with E-state index in [1.165, 1.54) is 13.8 Å². The molecule has 3 aliphatic carbocycles. The highest BCUT2D eigenvalue weighted by Gasteiger charge is 2.64. The molecule has 41 heavy (non-hydrogen) atoms. The van der Waals surface area contributed by atoms with Gasteiger partial charge < -0.3 is 19.3 Å². The van der Waals surface area contributed by atoms with Crippen molar-refractivity contribution >= 4 is 33.8 Å². The number of aliphatic hydroxyl groups excluding tert-OH is 1. The Morgan fingerprint density at radius 2 is 1.63 bits per heavy atom. The van der Waals surface area contributed by atoms with Gasteiger partial charge >= 0.3 is 17.9 Å². The minimum atomic E-state index is -0.649. The second-order valence-corrected chi connectivity index (χ2v) is 15.7. The molecule has 1 aliphatic heterocycles. The Labute approximate surface area is 255 Å². The van der Waals surface area contributed by atoms with Crippen LogP contribution in [0, 0.1) is 58.2 Å². The number of hydrogen-bond acceptors (Lipinski definition) is 7. The van der Waals surface area contributed by atoms with Gasteiger partial charge in [0.25, 0.3) is 0 Å². The fourth-order valence-corrected chi connectivity index (χ4v) is 11.0. The molecule has 0 amide bonds. The van der Waals surface area contributed by atoms with Gasteiger partial charge in [0.15, 0.2) is 0 Å². The Morgan fingerprint density at radius 3 is 2.22 bits per heavy atom. The molecule has 7 nitrogen and oxygen atoms in total.